The SMILES string of the molecule is Cc1ccc(-n2nc(C)c3c2NC(=O)[C@@H](NC(=O)c2ccccc2)[C@@H]3c2cccc(C)c2)cc1. The van der Waals surface area contributed by atoms with Crippen LogP contribution in [0.2, 0.25) is 0 Å². The minimum Gasteiger partial charge on any atom is -0.339 e. The van der Waals surface area contributed by atoms with Crippen LogP contribution < -0.4 is 10.6 Å². The molecule has 0 bridgehead atoms. The van der Waals surface area contributed by atoms with Crippen LogP contribution in [0, 0.1) is 20.8 Å². The summed E-state index contributed by atoms with van der Waals surface area (Å²) in [5, 5.41) is 10.8. The second-order valence-electron chi connectivity index (χ2n) is 8.79. The van der Waals surface area contributed by atoms with Crippen molar-refractivity contribution in [1.29, 1.82) is 0 Å². The van der Waals surface area contributed by atoms with Crippen molar-refractivity contribution in [2.75, 3.05) is 5.32 Å². The summed E-state index contributed by atoms with van der Waals surface area (Å²) in [5.74, 6) is -0.291. The van der Waals surface area contributed by atoms with Gasteiger partial charge in [-0.3, -0.25) is 9.59 Å². The number of anilines is 1. The highest BCUT2D eigenvalue weighted by atomic mass is 16.2. The van der Waals surface area contributed by atoms with Crippen molar-refractivity contribution in [2.45, 2.75) is 32.7 Å². The lowest BCUT2D eigenvalue weighted by atomic mass is 9.81. The fourth-order valence-electron chi connectivity index (χ4n) is 4.60. The highest BCUT2D eigenvalue weighted by Crippen LogP contribution is 2.40. The Balaban J connectivity index is 1.63. The molecule has 0 spiro atoms. The summed E-state index contributed by atoms with van der Waals surface area (Å²) < 4.78 is 1.78. The van der Waals surface area contributed by atoms with Crippen molar-refractivity contribution < 1.29 is 9.59 Å². The summed E-state index contributed by atoms with van der Waals surface area (Å²) in [6.07, 6.45) is 0. The molecule has 6 nitrogen and oxygen atoms in total. The molecular formula is C28H26N4O2. The third-order valence-electron chi connectivity index (χ3n) is 6.28. The lowest BCUT2D eigenvalue weighted by molar-refractivity contribution is -0.118. The van der Waals surface area contributed by atoms with Crippen LogP contribution in [-0.2, 0) is 4.79 Å². The summed E-state index contributed by atoms with van der Waals surface area (Å²) in [7, 11) is 0. The number of carbonyl (C=O) groups is 2. The molecule has 1 aliphatic heterocycles. The molecule has 0 saturated heterocycles. The molecule has 6 heteroatoms. The number of amides is 2. The van der Waals surface area contributed by atoms with Crippen LogP contribution in [0.15, 0.2) is 78.9 Å². The Morgan fingerprint density at radius 2 is 1.65 bits per heavy atom. The molecule has 3 aromatic carbocycles. The summed E-state index contributed by atoms with van der Waals surface area (Å²) in [6, 6.07) is 24.2. The van der Waals surface area contributed by atoms with Crippen molar-refractivity contribution in [3.05, 3.63) is 112 Å². The lowest BCUT2D eigenvalue weighted by Gasteiger charge is -2.33. The highest BCUT2D eigenvalue weighted by Gasteiger charge is 2.41. The van der Waals surface area contributed by atoms with Crippen molar-refractivity contribution in [3.63, 3.8) is 0 Å². The van der Waals surface area contributed by atoms with Crippen molar-refractivity contribution in [1.82, 2.24) is 15.1 Å². The van der Waals surface area contributed by atoms with Crippen LogP contribution in [0.1, 0.15) is 44.2 Å². The van der Waals surface area contributed by atoms with Crippen LogP contribution in [0.4, 0.5) is 5.82 Å². The molecule has 1 aromatic heterocycles. The fourth-order valence-corrected chi connectivity index (χ4v) is 4.60. The Morgan fingerprint density at radius 1 is 0.912 bits per heavy atom. The van der Waals surface area contributed by atoms with E-state index in [9.17, 15) is 9.59 Å². The van der Waals surface area contributed by atoms with E-state index in [4.69, 9.17) is 5.10 Å². The van der Waals surface area contributed by atoms with Crippen molar-refractivity contribution in [3.8, 4) is 5.69 Å². The Morgan fingerprint density at radius 3 is 2.35 bits per heavy atom. The third-order valence-corrected chi connectivity index (χ3v) is 6.28. The van der Waals surface area contributed by atoms with E-state index in [0.717, 1.165) is 33.6 Å². The van der Waals surface area contributed by atoms with E-state index in [2.05, 4.69) is 16.7 Å². The van der Waals surface area contributed by atoms with Crippen LogP contribution >= 0.6 is 0 Å². The zero-order chi connectivity index (χ0) is 23.8. The van der Waals surface area contributed by atoms with E-state index in [1.54, 1.807) is 16.8 Å². The molecule has 4 aromatic rings. The molecule has 1 aliphatic rings. The van der Waals surface area contributed by atoms with Gasteiger partial charge in [-0.2, -0.15) is 5.10 Å². The molecule has 0 saturated carbocycles. The van der Waals surface area contributed by atoms with Gasteiger partial charge in [-0.25, -0.2) is 4.68 Å². The fraction of sp³-hybridized carbons (Fsp3) is 0.179. The molecule has 0 unspecified atom stereocenters. The first kappa shape index (κ1) is 21.6. The number of fused-ring (bicyclic) bond motifs is 1. The second-order valence-corrected chi connectivity index (χ2v) is 8.79. The highest BCUT2D eigenvalue weighted by molar-refractivity contribution is 6.04. The number of rotatable bonds is 4. The molecule has 2 heterocycles. The summed E-state index contributed by atoms with van der Waals surface area (Å²) in [4.78, 5) is 26.5. The minimum atomic E-state index is -0.781. The summed E-state index contributed by atoms with van der Waals surface area (Å²) in [6.45, 7) is 6.00. The molecule has 34 heavy (non-hydrogen) atoms. The van der Waals surface area contributed by atoms with E-state index in [1.807, 2.05) is 81.4 Å². The smallest absolute Gasteiger partial charge is 0.251 e. The Kier molecular flexibility index (Phi) is 5.49. The first-order valence-corrected chi connectivity index (χ1v) is 11.3. The van der Waals surface area contributed by atoms with Gasteiger partial charge in [0.25, 0.3) is 5.91 Å². The van der Waals surface area contributed by atoms with Crippen LogP contribution in [0.3, 0.4) is 0 Å². The van der Waals surface area contributed by atoms with Gasteiger partial charge in [-0.05, 0) is 50.6 Å². The van der Waals surface area contributed by atoms with Crippen molar-refractivity contribution in [2.24, 2.45) is 0 Å². The number of benzene rings is 3. The summed E-state index contributed by atoms with van der Waals surface area (Å²) >= 11 is 0. The molecule has 0 aliphatic carbocycles. The standard InChI is InChI=1S/C28H26N4O2/c1-17-12-14-22(15-13-17)32-26-23(19(3)31-32)24(21-11-7-8-18(2)16-21)25(28(34)30-26)29-27(33)20-9-5-4-6-10-20/h4-16,24-25H,1-3H3,(H,29,33)(H,30,34)/t24-,25+/m1/s1. The number of hydrogen-bond donors (Lipinski definition) is 2. The minimum absolute atomic E-state index is 0.267. The Labute approximate surface area is 198 Å². The zero-order valence-corrected chi connectivity index (χ0v) is 19.4. The van der Waals surface area contributed by atoms with E-state index in [0.29, 0.717) is 11.4 Å². The monoisotopic (exact) mass is 450 g/mol. The Bertz CT molecular complexity index is 1370. The number of carbonyl (C=O) groups excluding carboxylic acids is 2. The van der Waals surface area contributed by atoms with E-state index in [-0.39, 0.29) is 17.7 Å². The van der Waals surface area contributed by atoms with Gasteiger partial charge in [0, 0.05) is 17.0 Å². The van der Waals surface area contributed by atoms with E-state index in [1.165, 1.54) is 0 Å². The van der Waals surface area contributed by atoms with Gasteiger partial charge >= 0.3 is 0 Å². The van der Waals surface area contributed by atoms with Crippen LogP contribution in [-0.4, -0.2) is 27.6 Å². The molecule has 2 N–H and O–H groups in total. The van der Waals surface area contributed by atoms with Crippen LogP contribution in [0.25, 0.3) is 5.69 Å². The average Bonchev–Trinajstić information content (AvgIpc) is 3.16. The number of aromatic nitrogens is 2. The molecule has 2 amide bonds. The molecular weight excluding hydrogens is 424 g/mol. The van der Waals surface area contributed by atoms with Crippen LogP contribution in [0.5, 0.6) is 0 Å². The van der Waals surface area contributed by atoms with Gasteiger partial charge in [0.2, 0.25) is 5.91 Å². The maximum atomic E-state index is 13.5. The number of hydrogen-bond acceptors (Lipinski definition) is 3. The van der Waals surface area contributed by atoms with Gasteiger partial charge in [-0.15, -0.1) is 0 Å². The van der Waals surface area contributed by atoms with Gasteiger partial charge in [0.05, 0.1) is 11.4 Å². The average molecular weight is 451 g/mol. The normalized spacial score (nSPS) is 17.1. The summed E-state index contributed by atoms with van der Waals surface area (Å²) in [5.41, 5.74) is 6.28. The number of nitrogens with zero attached hydrogens (tertiary/aromatic N) is 2. The van der Waals surface area contributed by atoms with Gasteiger partial charge in [0.1, 0.15) is 11.9 Å². The first-order valence-electron chi connectivity index (χ1n) is 11.3. The third kappa shape index (κ3) is 3.88. The van der Waals surface area contributed by atoms with Gasteiger partial charge in [-0.1, -0.05) is 65.7 Å². The van der Waals surface area contributed by atoms with Crippen molar-refractivity contribution >= 4 is 17.6 Å². The number of aryl methyl sites for hydroxylation is 3. The van der Waals surface area contributed by atoms with E-state index < -0.39 is 6.04 Å². The molecule has 2 atom stereocenters. The molecule has 0 radical (unpaired) electrons. The molecule has 170 valence electrons. The molecule has 0 fully saturated rings. The first-order chi connectivity index (χ1) is 16.4. The maximum absolute atomic E-state index is 13.5. The quantitative estimate of drug-likeness (QED) is 0.474. The number of nitrogens with one attached hydrogen (secondary N) is 2. The zero-order valence-electron chi connectivity index (χ0n) is 19.4. The lowest BCUT2D eigenvalue weighted by Crippen LogP contribution is -2.50. The predicted molar refractivity (Wildman–Crippen MR) is 132 cm³/mol. The second kappa shape index (κ2) is 8.63. The topological polar surface area (TPSA) is 76.0 Å². The predicted octanol–water partition coefficient (Wildman–Crippen LogP) is 4.68. The molecule has 5 rings (SSSR count). The maximum Gasteiger partial charge on any atom is 0.251 e. The van der Waals surface area contributed by atoms with Gasteiger partial charge < -0.3 is 10.6 Å². The largest absolute Gasteiger partial charge is 0.339 e. The van der Waals surface area contributed by atoms with E-state index >= 15 is 0 Å². The van der Waals surface area contributed by atoms with Gasteiger partial charge in [0.15, 0.2) is 0 Å². The Hall–Kier alpha value is -4.19.